The molecule has 100 valence electrons. The van der Waals surface area contributed by atoms with E-state index >= 15 is 0 Å². The maximum absolute atomic E-state index is 11.1. The normalized spacial score (nSPS) is 10.3. The van der Waals surface area contributed by atoms with E-state index in [-0.39, 0.29) is 11.3 Å². The van der Waals surface area contributed by atoms with E-state index in [0.717, 1.165) is 0 Å². The second kappa shape index (κ2) is 5.19. The predicted molar refractivity (Wildman–Crippen MR) is 67.0 cm³/mol. The number of nitrogens with zero attached hydrogens (tertiary/aromatic N) is 1. The molecule has 0 fully saturated rings. The summed E-state index contributed by atoms with van der Waals surface area (Å²) in [6.07, 6.45) is 1.28. The third-order valence-electron chi connectivity index (χ3n) is 2.53. The fourth-order valence-corrected chi connectivity index (χ4v) is 1.97. The van der Waals surface area contributed by atoms with Crippen LogP contribution in [0.2, 0.25) is 5.02 Å². The van der Waals surface area contributed by atoms with Crippen LogP contribution >= 0.6 is 11.6 Å². The Hall–Kier alpha value is -2.21. The van der Waals surface area contributed by atoms with E-state index in [1.54, 1.807) is 12.1 Å². The number of carbonyl (C=O) groups is 1. The number of aromatic nitrogens is 1. The average molecular weight is 284 g/mol. The molecule has 0 radical (unpaired) electrons. The first kappa shape index (κ1) is 13.2. The van der Waals surface area contributed by atoms with Crippen molar-refractivity contribution in [2.75, 3.05) is 14.2 Å². The summed E-state index contributed by atoms with van der Waals surface area (Å²) in [6.45, 7) is 0. The second-order valence-corrected chi connectivity index (χ2v) is 3.94. The summed E-state index contributed by atoms with van der Waals surface area (Å²) < 4.78 is 15.1. The van der Waals surface area contributed by atoms with E-state index < -0.39 is 5.97 Å². The lowest BCUT2D eigenvalue weighted by molar-refractivity contribution is 0.0653. The van der Waals surface area contributed by atoms with Gasteiger partial charge in [-0.1, -0.05) is 16.8 Å². The molecule has 0 unspecified atom stereocenters. The number of benzene rings is 1. The number of rotatable bonds is 4. The van der Waals surface area contributed by atoms with Crippen molar-refractivity contribution in [3.63, 3.8) is 0 Å². The minimum atomic E-state index is -1.24. The molecule has 19 heavy (non-hydrogen) atoms. The van der Waals surface area contributed by atoms with Crippen LogP contribution in [0.25, 0.3) is 11.1 Å². The van der Waals surface area contributed by atoms with Gasteiger partial charge in [-0.05, 0) is 12.1 Å². The van der Waals surface area contributed by atoms with Crippen LogP contribution in [-0.4, -0.2) is 30.5 Å². The summed E-state index contributed by atoms with van der Waals surface area (Å²) in [5, 5.41) is 12.9. The lowest BCUT2D eigenvalue weighted by atomic mass is 10.0. The maximum Gasteiger partial charge on any atom is 0.375 e. The second-order valence-electron chi connectivity index (χ2n) is 3.53. The zero-order chi connectivity index (χ0) is 14.0. The molecule has 2 rings (SSSR count). The smallest absolute Gasteiger partial charge is 0.375 e. The largest absolute Gasteiger partial charge is 0.496 e. The molecule has 0 amide bonds. The molecule has 7 heteroatoms. The van der Waals surface area contributed by atoms with Gasteiger partial charge in [-0.2, -0.15) is 0 Å². The highest BCUT2D eigenvalue weighted by molar-refractivity contribution is 6.32. The molecule has 0 aliphatic heterocycles. The van der Waals surface area contributed by atoms with E-state index in [4.69, 9.17) is 30.7 Å². The number of methoxy groups -OCH3 is 2. The van der Waals surface area contributed by atoms with Gasteiger partial charge in [-0.25, -0.2) is 4.79 Å². The molecule has 1 aromatic carbocycles. The third kappa shape index (κ3) is 2.22. The minimum absolute atomic E-state index is 0.240. The molecule has 0 saturated carbocycles. The van der Waals surface area contributed by atoms with Crippen LogP contribution in [0.3, 0.4) is 0 Å². The Labute approximate surface area is 113 Å². The fourth-order valence-electron chi connectivity index (χ4n) is 1.74. The molecule has 0 aliphatic carbocycles. The summed E-state index contributed by atoms with van der Waals surface area (Å²) >= 11 is 6.03. The van der Waals surface area contributed by atoms with Crippen molar-refractivity contribution in [1.82, 2.24) is 5.16 Å². The van der Waals surface area contributed by atoms with Gasteiger partial charge in [0, 0.05) is 0 Å². The number of halogens is 1. The summed E-state index contributed by atoms with van der Waals surface area (Å²) in [7, 11) is 2.89. The van der Waals surface area contributed by atoms with Crippen LogP contribution in [0.4, 0.5) is 0 Å². The summed E-state index contributed by atoms with van der Waals surface area (Å²) in [4.78, 5) is 11.1. The first-order valence-electron chi connectivity index (χ1n) is 5.19. The summed E-state index contributed by atoms with van der Waals surface area (Å²) in [5.41, 5.74) is 0.625. The van der Waals surface area contributed by atoms with Gasteiger partial charge in [0.15, 0.2) is 0 Å². The molecule has 1 heterocycles. The molecular formula is C12H10ClNO5. The predicted octanol–water partition coefficient (Wildman–Crippen LogP) is 2.71. The van der Waals surface area contributed by atoms with Crippen LogP contribution < -0.4 is 9.47 Å². The van der Waals surface area contributed by atoms with Gasteiger partial charge in [-0.15, -0.1) is 0 Å². The number of hydrogen-bond donors (Lipinski definition) is 1. The van der Waals surface area contributed by atoms with Gasteiger partial charge in [0.2, 0.25) is 0 Å². The maximum atomic E-state index is 11.1. The van der Waals surface area contributed by atoms with Gasteiger partial charge in [0.1, 0.15) is 11.5 Å². The van der Waals surface area contributed by atoms with E-state index in [1.165, 1.54) is 20.4 Å². The van der Waals surface area contributed by atoms with Crippen molar-refractivity contribution >= 4 is 17.6 Å². The Balaban J connectivity index is 2.76. The van der Waals surface area contributed by atoms with Crippen molar-refractivity contribution in [1.29, 1.82) is 0 Å². The molecule has 6 nitrogen and oxygen atoms in total. The average Bonchev–Trinajstić information content (AvgIpc) is 2.87. The number of carboxylic acids is 1. The van der Waals surface area contributed by atoms with E-state index in [9.17, 15) is 4.79 Å². The van der Waals surface area contributed by atoms with Gasteiger partial charge >= 0.3 is 5.97 Å². The lowest BCUT2D eigenvalue weighted by Gasteiger charge is -2.13. The lowest BCUT2D eigenvalue weighted by Crippen LogP contribution is -1.99. The fraction of sp³-hybridized carbons (Fsp3) is 0.167. The summed E-state index contributed by atoms with van der Waals surface area (Å²) in [5.74, 6) is -0.839. The Morgan fingerprint density at radius 2 is 2.11 bits per heavy atom. The third-order valence-corrected chi connectivity index (χ3v) is 2.83. The topological polar surface area (TPSA) is 81.8 Å². The summed E-state index contributed by atoms with van der Waals surface area (Å²) in [6, 6.07) is 3.20. The van der Waals surface area contributed by atoms with Crippen LogP contribution in [0.5, 0.6) is 11.5 Å². The quantitative estimate of drug-likeness (QED) is 0.929. The van der Waals surface area contributed by atoms with Crippen LogP contribution in [0.1, 0.15) is 10.6 Å². The number of ether oxygens (including phenoxy) is 2. The molecule has 1 N–H and O–H groups in total. The standard InChI is InChI=1S/C12H10ClNO5/c1-17-8-4-3-7(13)11(18-2)9(8)6-5-14-19-10(6)12(15)16/h3-5H,1-2H3,(H,15,16). The highest BCUT2D eigenvalue weighted by Crippen LogP contribution is 2.43. The van der Waals surface area contributed by atoms with Crippen LogP contribution in [0.15, 0.2) is 22.9 Å². The molecule has 0 atom stereocenters. The molecular weight excluding hydrogens is 274 g/mol. The van der Waals surface area contributed by atoms with Crippen molar-refractivity contribution < 1.29 is 23.9 Å². The van der Waals surface area contributed by atoms with Crippen LogP contribution in [-0.2, 0) is 0 Å². The van der Waals surface area contributed by atoms with E-state index in [0.29, 0.717) is 22.1 Å². The highest BCUT2D eigenvalue weighted by Gasteiger charge is 2.24. The minimum Gasteiger partial charge on any atom is -0.496 e. The zero-order valence-electron chi connectivity index (χ0n) is 10.1. The van der Waals surface area contributed by atoms with E-state index in [1.807, 2.05) is 0 Å². The van der Waals surface area contributed by atoms with Gasteiger partial charge in [0.25, 0.3) is 5.76 Å². The molecule has 1 aromatic heterocycles. The number of carboxylic acid groups (broad SMARTS) is 1. The Morgan fingerprint density at radius 1 is 1.37 bits per heavy atom. The first-order valence-corrected chi connectivity index (χ1v) is 5.56. The number of aromatic carboxylic acids is 1. The zero-order valence-corrected chi connectivity index (χ0v) is 10.9. The molecule has 0 bridgehead atoms. The van der Waals surface area contributed by atoms with Crippen molar-refractivity contribution in [3.8, 4) is 22.6 Å². The highest BCUT2D eigenvalue weighted by atomic mass is 35.5. The Kier molecular flexibility index (Phi) is 3.62. The molecule has 0 spiro atoms. The van der Waals surface area contributed by atoms with Crippen molar-refractivity contribution in [2.24, 2.45) is 0 Å². The molecule has 0 saturated heterocycles. The monoisotopic (exact) mass is 283 g/mol. The molecule has 2 aromatic rings. The number of hydrogen-bond acceptors (Lipinski definition) is 5. The van der Waals surface area contributed by atoms with Gasteiger partial charge < -0.3 is 19.1 Å². The van der Waals surface area contributed by atoms with Crippen molar-refractivity contribution in [2.45, 2.75) is 0 Å². The SMILES string of the molecule is COc1ccc(Cl)c(OC)c1-c1cnoc1C(=O)O. The molecule has 0 aliphatic rings. The van der Waals surface area contributed by atoms with E-state index in [2.05, 4.69) is 5.16 Å². The Bertz CT molecular complexity index is 623. The van der Waals surface area contributed by atoms with Crippen LogP contribution in [0, 0.1) is 0 Å². The van der Waals surface area contributed by atoms with Crippen molar-refractivity contribution in [3.05, 3.63) is 29.1 Å². The first-order chi connectivity index (χ1) is 9.10. The van der Waals surface area contributed by atoms with Gasteiger partial charge in [-0.3, -0.25) is 0 Å². The Morgan fingerprint density at radius 3 is 2.68 bits per heavy atom. The van der Waals surface area contributed by atoms with Gasteiger partial charge in [0.05, 0.1) is 36.6 Å².